The number of rotatable bonds is 14. The molecule has 0 aromatic heterocycles. The highest BCUT2D eigenvalue weighted by molar-refractivity contribution is 5.77. The molecule has 0 radical (unpaired) electrons. The van der Waals surface area contributed by atoms with Crippen molar-refractivity contribution in [2.24, 2.45) is 5.92 Å². The molecule has 0 unspecified atom stereocenters. The minimum atomic E-state index is 0.230. The zero-order chi connectivity index (χ0) is 25.6. The average molecular weight is 498 g/mol. The highest BCUT2D eigenvalue weighted by atomic mass is 16.5. The predicted octanol–water partition coefficient (Wildman–Crippen LogP) is 5.23. The van der Waals surface area contributed by atoms with Gasteiger partial charge in [0, 0.05) is 64.2 Å². The van der Waals surface area contributed by atoms with Crippen molar-refractivity contribution in [1.29, 1.82) is 0 Å². The summed E-state index contributed by atoms with van der Waals surface area (Å²) < 4.78 is 5.44. The lowest BCUT2D eigenvalue weighted by atomic mass is 10.0. The van der Waals surface area contributed by atoms with E-state index < -0.39 is 0 Å². The van der Waals surface area contributed by atoms with Gasteiger partial charge in [0.1, 0.15) is 5.75 Å². The molecule has 1 saturated heterocycles. The van der Waals surface area contributed by atoms with E-state index in [2.05, 4.69) is 22.8 Å². The van der Waals surface area contributed by atoms with Crippen LogP contribution in [0.4, 0.5) is 0 Å². The summed E-state index contributed by atoms with van der Waals surface area (Å²) in [5, 5.41) is 0. The highest BCUT2D eigenvalue weighted by Crippen LogP contribution is 2.28. The van der Waals surface area contributed by atoms with Gasteiger partial charge in [0.2, 0.25) is 11.8 Å². The molecule has 1 aromatic rings. The molecular weight excluding hydrogens is 450 g/mol. The van der Waals surface area contributed by atoms with Crippen LogP contribution >= 0.6 is 0 Å². The summed E-state index contributed by atoms with van der Waals surface area (Å²) in [6.45, 7) is 7.74. The van der Waals surface area contributed by atoms with E-state index in [0.29, 0.717) is 25.3 Å². The standard InChI is InChI=1S/C30H47N3O3/c1-3-4-5-16-29(34)32(19-10-14-27-13-8-9-15-28(27)36-2)23-20-31-21-24-33(25-22-31)30(35)18-17-26-11-6-7-12-26/h8-10,13-15,26H,3-7,11-12,16-25H2,1-2H3/b14-10+. The van der Waals surface area contributed by atoms with Gasteiger partial charge in [0.05, 0.1) is 7.11 Å². The minimum absolute atomic E-state index is 0.230. The van der Waals surface area contributed by atoms with Crippen molar-refractivity contribution < 1.29 is 14.3 Å². The number of unbranched alkanes of at least 4 members (excludes halogenated alkanes) is 2. The Hall–Kier alpha value is -2.34. The third-order valence-electron chi connectivity index (χ3n) is 7.76. The number of benzene rings is 1. The maximum Gasteiger partial charge on any atom is 0.222 e. The summed E-state index contributed by atoms with van der Waals surface area (Å²) >= 11 is 0. The summed E-state index contributed by atoms with van der Waals surface area (Å²) in [6, 6.07) is 7.93. The second-order valence-corrected chi connectivity index (χ2v) is 10.4. The van der Waals surface area contributed by atoms with Gasteiger partial charge in [-0.15, -0.1) is 0 Å². The normalized spacial score (nSPS) is 17.1. The van der Waals surface area contributed by atoms with E-state index in [1.54, 1.807) is 7.11 Å². The van der Waals surface area contributed by atoms with Gasteiger partial charge in [-0.25, -0.2) is 0 Å². The molecule has 0 bridgehead atoms. The molecule has 0 spiro atoms. The summed E-state index contributed by atoms with van der Waals surface area (Å²) in [5.41, 5.74) is 1.02. The molecule has 1 aliphatic carbocycles. The zero-order valence-electron chi connectivity index (χ0n) is 22.6. The molecule has 36 heavy (non-hydrogen) atoms. The Kier molecular flexibility index (Phi) is 12.3. The fourth-order valence-corrected chi connectivity index (χ4v) is 5.38. The van der Waals surface area contributed by atoms with Crippen LogP contribution in [0.1, 0.15) is 76.7 Å². The van der Waals surface area contributed by atoms with E-state index in [1.165, 1.54) is 25.7 Å². The number of amides is 2. The lowest BCUT2D eigenvalue weighted by Crippen LogP contribution is -2.50. The SMILES string of the molecule is CCCCCC(=O)N(C/C=C/c1ccccc1OC)CCN1CCN(C(=O)CCC2CCCC2)CC1. The van der Waals surface area contributed by atoms with Crippen LogP contribution in [0.15, 0.2) is 30.3 Å². The Morgan fingerprint density at radius 2 is 1.81 bits per heavy atom. The number of para-hydroxylation sites is 1. The van der Waals surface area contributed by atoms with Crippen LogP contribution in [0.25, 0.3) is 6.08 Å². The van der Waals surface area contributed by atoms with E-state index in [9.17, 15) is 9.59 Å². The zero-order valence-corrected chi connectivity index (χ0v) is 22.6. The first-order valence-corrected chi connectivity index (χ1v) is 14.2. The van der Waals surface area contributed by atoms with E-state index in [4.69, 9.17) is 4.74 Å². The van der Waals surface area contributed by atoms with Crippen LogP contribution in [0.5, 0.6) is 5.75 Å². The predicted molar refractivity (Wildman–Crippen MR) is 147 cm³/mol. The van der Waals surface area contributed by atoms with E-state index >= 15 is 0 Å². The van der Waals surface area contributed by atoms with Gasteiger partial charge in [-0.1, -0.05) is 75.8 Å². The Bertz CT molecular complexity index is 826. The van der Waals surface area contributed by atoms with E-state index in [0.717, 1.165) is 82.2 Å². The van der Waals surface area contributed by atoms with Gasteiger partial charge in [-0.2, -0.15) is 0 Å². The second-order valence-electron chi connectivity index (χ2n) is 10.4. The van der Waals surface area contributed by atoms with E-state index in [-0.39, 0.29) is 5.91 Å². The number of carbonyl (C=O) groups is 2. The molecule has 2 amide bonds. The van der Waals surface area contributed by atoms with Crippen LogP contribution in [-0.2, 0) is 9.59 Å². The molecule has 0 N–H and O–H groups in total. The monoisotopic (exact) mass is 497 g/mol. The number of ether oxygens (including phenoxy) is 1. The van der Waals surface area contributed by atoms with Gasteiger partial charge in [0.15, 0.2) is 0 Å². The Morgan fingerprint density at radius 1 is 1.06 bits per heavy atom. The van der Waals surface area contributed by atoms with Crippen LogP contribution in [-0.4, -0.2) is 79.4 Å². The molecule has 1 aliphatic heterocycles. The number of nitrogens with zero attached hydrogens (tertiary/aromatic N) is 3. The van der Waals surface area contributed by atoms with Crippen molar-refractivity contribution in [2.75, 3.05) is 52.9 Å². The second kappa shape index (κ2) is 15.7. The fraction of sp³-hybridized carbons (Fsp3) is 0.667. The molecule has 6 nitrogen and oxygen atoms in total. The van der Waals surface area contributed by atoms with Crippen molar-refractivity contribution in [3.8, 4) is 5.75 Å². The van der Waals surface area contributed by atoms with Crippen LogP contribution in [0.3, 0.4) is 0 Å². The molecule has 2 aliphatic rings. The lowest BCUT2D eigenvalue weighted by Gasteiger charge is -2.36. The quantitative estimate of drug-likeness (QED) is 0.330. The largest absolute Gasteiger partial charge is 0.496 e. The number of hydrogen-bond acceptors (Lipinski definition) is 4. The summed E-state index contributed by atoms with van der Waals surface area (Å²) in [4.78, 5) is 32.1. The van der Waals surface area contributed by atoms with Gasteiger partial charge in [-0.05, 0) is 24.8 Å². The minimum Gasteiger partial charge on any atom is -0.496 e. The van der Waals surface area contributed by atoms with Crippen molar-refractivity contribution in [3.63, 3.8) is 0 Å². The molecule has 3 rings (SSSR count). The topological polar surface area (TPSA) is 53.1 Å². The number of methoxy groups -OCH3 is 1. The maximum atomic E-state index is 13.0. The Morgan fingerprint density at radius 3 is 2.53 bits per heavy atom. The molecule has 1 aromatic carbocycles. The summed E-state index contributed by atoms with van der Waals surface area (Å²) in [5.74, 6) is 2.17. The maximum absolute atomic E-state index is 13.0. The first-order chi connectivity index (χ1) is 17.6. The Labute approximate surface area is 218 Å². The summed E-state index contributed by atoms with van der Waals surface area (Å²) in [7, 11) is 1.68. The summed E-state index contributed by atoms with van der Waals surface area (Å²) in [6.07, 6.45) is 14.9. The number of carbonyl (C=O) groups excluding carboxylic acids is 2. The average Bonchev–Trinajstić information content (AvgIpc) is 3.43. The molecule has 200 valence electrons. The molecular formula is C30H47N3O3. The molecule has 0 atom stereocenters. The lowest BCUT2D eigenvalue weighted by molar-refractivity contribution is -0.133. The number of piperazine rings is 1. The van der Waals surface area contributed by atoms with Gasteiger partial charge >= 0.3 is 0 Å². The highest BCUT2D eigenvalue weighted by Gasteiger charge is 2.23. The van der Waals surface area contributed by atoms with Crippen LogP contribution < -0.4 is 4.74 Å². The van der Waals surface area contributed by atoms with Crippen LogP contribution in [0, 0.1) is 5.92 Å². The molecule has 1 heterocycles. The smallest absolute Gasteiger partial charge is 0.222 e. The fourth-order valence-electron chi connectivity index (χ4n) is 5.38. The first-order valence-electron chi connectivity index (χ1n) is 14.2. The molecule has 1 saturated carbocycles. The van der Waals surface area contributed by atoms with Gasteiger partial charge in [0.25, 0.3) is 0 Å². The van der Waals surface area contributed by atoms with Gasteiger partial charge < -0.3 is 14.5 Å². The van der Waals surface area contributed by atoms with Crippen molar-refractivity contribution in [3.05, 3.63) is 35.9 Å². The van der Waals surface area contributed by atoms with E-state index in [1.807, 2.05) is 35.2 Å². The number of hydrogen-bond donors (Lipinski definition) is 0. The molecule has 2 fully saturated rings. The van der Waals surface area contributed by atoms with Crippen molar-refractivity contribution in [1.82, 2.24) is 14.7 Å². The third kappa shape index (κ3) is 9.27. The van der Waals surface area contributed by atoms with Gasteiger partial charge in [-0.3, -0.25) is 14.5 Å². The molecule has 6 heteroatoms. The van der Waals surface area contributed by atoms with Crippen molar-refractivity contribution in [2.45, 2.75) is 71.1 Å². The Balaban J connectivity index is 1.45. The van der Waals surface area contributed by atoms with Crippen molar-refractivity contribution >= 4 is 17.9 Å². The third-order valence-corrected chi connectivity index (χ3v) is 7.76. The van der Waals surface area contributed by atoms with Crippen LogP contribution in [0.2, 0.25) is 0 Å². The first kappa shape index (κ1) is 28.2.